The lowest BCUT2D eigenvalue weighted by atomic mass is 9.90. The Labute approximate surface area is 163 Å². The molecule has 1 aliphatic rings. The highest BCUT2D eigenvalue weighted by Gasteiger charge is 2.26. The van der Waals surface area contributed by atoms with Crippen molar-refractivity contribution >= 4 is 11.7 Å². The van der Waals surface area contributed by atoms with Crippen LogP contribution in [0.25, 0.3) is 0 Å². The van der Waals surface area contributed by atoms with E-state index in [9.17, 15) is 19.3 Å². The van der Waals surface area contributed by atoms with Crippen LogP contribution in [0.4, 0.5) is 10.1 Å². The average molecular weight is 386 g/mol. The van der Waals surface area contributed by atoms with Crippen molar-refractivity contribution in [2.45, 2.75) is 25.8 Å². The molecule has 0 aromatic heterocycles. The second-order valence-electron chi connectivity index (χ2n) is 7.10. The van der Waals surface area contributed by atoms with Crippen molar-refractivity contribution in [1.82, 2.24) is 4.90 Å². The summed E-state index contributed by atoms with van der Waals surface area (Å²) in [5, 5.41) is 11.4. The maximum atomic E-state index is 13.0. The van der Waals surface area contributed by atoms with Crippen LogP contribution < -0.4 is 0 Å². The van der Waals surface area contributed by atoms with Crippen molar-refractivity contribution in [2.24, 2.45) is 5.92 Å². The topological polar surface area (TPSA) is 72.7 Å². The molecule has 0 unspecified atom stereocenters. The molecule has 0 amide bonds. The molecule has 0 bridgehead atoms. The largest absolute Gasteiger partial charge is 0.465 e. The summed E-state index contributed by atoms with van der Waals surface area (Å²) in [5.74, 6) is -0.304. The molecule has 148 valence electrons. The second-order valence-corrected chi connectivity index (χ2v) is 7.10. The lowest BCUT2D eigenvalue weighted by Gasteiger charge is -2.32. The number of hydrogen-bond donors (Lipinski definition) is 0. The molecular weight excluding hydrogens is 363 g/mol. The van der Waals surface area contributed by atoms with Crippen LogP contribution in [0.1, 0.15) is 34.3 Å². The Hall–Kier alpha value is -2.80. The Kier molecular flexibility index (Phi) is 6.36. The molecule has 0 radical (unpaired) electrons. The molecule has 28 heavy (non-hydrogen) atoms. The first-order valence-corrected chi connectivity index (χ1v) is 9.29. The van der Waals surface area contributed by atoms with Gasteiger partial charge in [-0.15, -0.1) is 0 Å². The number of rotatable bonds is 6. The van der Waals surface area contributed by atoms with Gasteiger partial charge in [-0.05, 0) is 62.0 Å². The van der Waals surface area contributed by atoms with Crippen LogP contribution in [-0.4, -0.2) is 36.0 Å². The summed E-state index contributed by atoms with van der Waals surface area (Å²) < 4.78 is 17.8. The van der Waals surface area contributed by atoms with E-state index in [-0.39, 0.29) is 17.1 Å². The van der Waals surface area contributed by atoms with Crippen LogP contribution in [-0.2, 0) is 17.7 Å². The zero-order valence-electron chi connectivity index (χ0n) is 15.8. The van der Waals surface area contributed by atoms with Gasteiger partial charge in [-0.3, -0.25) is 15.0 Å². The van der Waals surface area contributed by atoms with Gasteiger partial charge in [0.05, 0.1) is 23.2 Å². The fourth-order valence-electron chi connectivity index (χ4n) is 3.74. The fraction of sp³-hybridized carbons (Fsp3) is 0.381. The van der Waals surface area contributed by atoms with E-state index in [0.29, 0.717) is 18.0 Å². The normalized spacial score (nSPS) is 15.4. The third-order valence-corrected chi connectivity index (χ3v) is 5.28. The molecule has 0 aliphatic carbocycles. The predicted molar refractivity (Wildman–Crippen MR) is 103 cm³/mol. The number of hydrogen-bond acceptors (Lipinski definition) is 5. The van der Waals surface area contributed by atoms with Gasteiger partial charge < -0.3 is 4.74 Å². The first kappa shape index (κ1) is 19.9. The fourth-order valence-corrected chi connectivity index (χ4v) is 3.74. The van der Waals surface area contributed by atoms with Gasteiger partial charge >= 0.3 is 5.97 Å². The number of carbonyl (C=O) groups excluding carboxylic acids is 1. The zero-order valence-corrected chi connectivity index (χ0v) is 15.8. The number of nitro groups is 1. The summed E-state index contributed by atoms with van der Waals surface area (Å²) in [6, 6.07) is 11.1. The van der Waals surface area contributed by atoms with Crippen LogP contribution >= 0.6 is 0 Å². The van der Waals surface area contributed by atoms with E-state index >= 15 is 0 Å². The Morgan fingerprint density at radius 1 is 1.21 bits per heavy atom. The highest BCUT2D eigenvalue weighted by atomic mass is 19.1. The summed E-state index contributed by atoms with van der Waals surface area (Å²) in [6.07, 6.45) is 2.80. The number of carbonyl (C=O) groups is 1. The standard InChI is InChI=1S/C21H23FN2O4/c1-28-21(25)18-3-2-4-20(24(26)27)19(18)14-23-11-9-16(10-12-23)13-15-5-7-17(22)8-6-15/h2-8,16H,9-14H2,1H3. The van der Waals surface area contributed by atoms with Crippen molar-refractivity contribution in [1.29, 1.82) is 0 Å². The average Bonchev–Trinajstić information content (AvgIpc) is 2.70. The van der Waals surface area contributed by atoms with Gasteiger partial charge in [0.1, 0.15) is 5.82 Å². The van der Waals surface area contributed by atoms with Crippen LogP contribution in [0.15, 0.2) is 42.5 Å². The molecule has 7 heteroatoms. The first-order valence-electron chi connectivity index (χ1n) is 9.29. The number of nitrogens with zero attached hydrogens (tertiary/aromatic N) is 2. The monoisotopic (exact) mass is 386 g/mol. The van der Waals surface area contributed by atoms with Gasteiger partial charge in [-0.25, -0.2) is 9.18 Å². The number of halogens is 1. The minimum Gasteiger partial charge on any atom is -0.465 e. The molecule has 6 nitrogen and oxygen atoms in total. The molecule has 0 saturated carbocycles. The SMILES string of the molecule is COC(=O)c1cccc([N+](=O)[O-])c1CN1CCC(Cc2ccc(F)cc2)CC1. The molecule has 2 aromatic carbocycles. The van der Waals surface area contributed by atoms with E-state index in [1.54, 1.807) is 6.07 Å². The van der Waals surface area contributed by atoms with Crippen molar-refractivity contribution in [3.63, 3.8) is 0 Å². The molecule has 3 rings (SSSR count). The summed E-state index contributed by atoms with van der Waals surface area (Å²) in [6.45, 7) is 1.92. The number of piperidine rings is 1. The number of ether oxygens (including phenoxy) is 1. The van der Waals surface area contributed by atoms with Gasteiger partial charge in [-0.1, -0.05) is 18.2 Å². The molecule has 1 heterocycles. The van der Waals surface area contributed by atoms with Crippen LogP contribution in [0, 0.1) is 21.8 Å². The number of esters is 1. The lowest BCUT2D eigenvalue weighted by molar-refractivity contribution is -0.385. The third-order valence-electron chi connectivity index (χ3n) is 5.28. The summed E-state index contributed by atoms with van der Waals surface area (Å²) in [4.78, 5) is 25.1. The summed E-state index contributed by atoms with van der Waals surface area (Å²) in [7, 11) is 1.27. The van der Waals surface area contributed by atoms with Gasteiger partial charge in [0.15, 0.2) is 0 Å². The van der Waals surface area contributed by atoms with E-state index in [2.05, 4.69) is 4.90 Å². The second kappa shape index (κ2) is 8.93. The van der Waals surface area contributed by atoms with Gasteiger partial charge in [0.2, 0.25) is 0 Å². The van der Waals surface area contributed by atoms with E-state index in [4.69, 9.17) is 4.74 Å². The van der Waals surface area contributed by atoms with Gasteiger partial charge in [-0.2, -0.15) is 0 Å². The molecule has 0 spiro atoms. The summed E-state index contributed by atoms with van der Waals surface area (Å²) >= 11 is 0. The Bertz CT molecular complexity index is 846. The van der Waals surface area contributed by atoms with E-state index in [1.165, 1.54) is 31.4 Å². The molecule has 1 aliphatic heterocycles. The van der Waals surface area contributed by atoms with Crippen molar-refractivity contribution < 1.29 is 18.8 Å². The number of likely N-dealkylation sites (tertiary alicyclic amines) is 1. The Morgan fingerprint density at radius 3 is 2.50 bits per heavy atom. The molecule has 1 fully saturated rings. The van der Waals surface area contributed by atoms with E-state index < -0.39 is 10.9 Å². The molecule has 0 atom stereocenters. The van der Waals surface area contributed by atoms with Crippen LogP contribution in [0.2, 0.25) is 0 Å². The minimum atomic E-state index is -0.565. The smallest absolute Gasteiger partial charge is 0.338 e. The third kappa shape index (κ3) is 4.72. The zero-order chi connectivity index (χ0) is 20.1. The Balaban J connectivity index is 1.66. The Morgan fingerprint density at radius 2 is 1.89 bits per heavy atom. The molecule has 0 N–H and O–H groups in total. The molecule has 1 saturated heterocycles. The first-order chi connectivity index (χ1) is 13.5. The predicted octanol–water partition coefficient (Wildman–Crippen LogP) is 3.98. The maximum Gasteiger partial charge on any atom is 0.338 e. The quantitative estimate of drug-likeness (QED) is 0.427. The van der Waals surface area contributed by atoms with E-state index in [1.807, 2.05) is 12.1 Å². The number of benzene rings is 2. The van der Waals surface area contributed by atoms with Gasteiger partial charge in [0.25, 0.3) is 5.69 Å². The van der Waals surface area contributed by atoms with Crippen molar-refractivity contribution in [2.75, 3.05) is 20.2 Å². The van der Waals surface area contributed by atoms with Crippen LogP contribution in [0.5, 0.6) is 0 Å². The van der Waals surface area contributed by atoms with Crippen LogP contribution in [0.3, 0.4) is 0 Å². The number of methoxy groups -OCH3 is 1. The molecule has 2 aromatic rings. The highest BCUT2D eigenvalue weighted by molar-refractivity contribution is 5.92. The van der Waals surface area contributed by atoms with Crippen molar-refractivity contribution in [3.05, 3.63) is 75.1 Å². The number of nitro benzene ring substituents is 1. The lowest BCUT2D eigenvalue weighted by Crippen LogP contribution is -2.34. The summed E-state index contributed by atoms with van der Waals surface area (Å²) in [5.41, 5.74) is 1.70. The highest BCUT2D eigenvalue weighted by Crippen LogP contribution is 2.28. The minimum absolute atomic E-state index is 0.0589. The maximum absolute atomic E-state index is 13.0. The van der Waals surface area contributed by atoms with Crippen molar-refractivity contribution in [3.8, 4) is 0 Å². The van der Waals surface area contributed by atoms with E-state index in [0.717, 1.165) is 37.9 Å². The molecular formula is C21H23FN2O4. The van der Waals surface area contributed by atoms with Gasteiger partial charge in [0, 0.05) is 12.6 Å².